The van der Waals surface area contributed by atoms with E-state index >= 15 is 0 Å². The molecule has 0 aliphatic carbocycles. The Hall–Kier alpha value is -0.120. The van der Waals surface area contributed by atoms with Gasteiger partial charge in [-0.3, -0.25) is 0 Å². The predicted molar refractivity (Wildman–Crippen MR) is 64.2 cm³/mol. The van der Waals surface area contributed by atoms with E-state index in [0.29, 0.717) is 5.41 Å². The van der Waals surface area contributed by atoms with Gasteiger partial charge in [-0.1, -0.05) is 13.8 Å². The van der Waals surface area contributed by atoms with Gasteiger partial charge in [0.05, 0.1) is 0 Å². The molecule has 1 N–H and O–H groups in total. The molecule has 0 aromatic carbocycles. The van der Waals surface area contributed by atoms with Crippen molar-refractivity contribution in [2.45, 2.75) is 26.7 Å². The number of nitrogens with one attached hydrogen (secondary N) is 1. The molecule has 3 nitrogen and oxygen atoms in total. The highest BCUT2D eigenvalue weighted by Gasteiger charge is 2.22. The summed E-state index contributed by atoms with van der Waals surface area (Å²) >= 11 is 0. The van der Waals surface area contributed by atoms with Crippen molar-refractivity contribution in [3.63, 3.8) is 0 Å². The topological polar surface area (TPSA) is 24.5 Å². The minimum absolute atomic E-state index is 0.396. The molecule has 0 unspecified atom stereocenters. The Morgan fingerprint density at radius 2 is 2.20 bits per heavy atom. The van der Waals surface area contributed by atoms with Gasteiger partial charge in [0.15, 0.2) is 0 Å². The van der Waals surface area contributed by atoms with Gasteiger partial charge in [0.25, 0.3) is 0 Å². The fraction of sp³-hybridized carbons (Fsp3) is 1.00. The van der Waals surface area contributed by atoms with E-state index in [1.54, 1.807) is 7.11 Å². The van der Waals surface area contributed by atoms with E-state index in [9.17, 15) is 0 Å². The summed E-state index contributed by atoms with van der Waals surface area (Å²) in [6.07, 6.45) is 2.42. The molecule has 0 saturated carbocycles. The first-order chi connectivity index (χ1) is 7.14. The van der Waals surface area contributed by atoms with Crippen molar-refractivity contribution in [2.75, 3.05) is 46.4 Å². The molecule has 1 saturated heterocycles. The first kappa shape index (κ1) is 12.9. The van der Waals surface area contributed by atoms with Gasteiger partial charge in [0.2, 0.25) is 0 Å². The number of rotatable bonds is 4. The third-order valence-corrected chi connectivity index (χ3v) is 2.91. The zero-order valence-electron chi connectivity index (χ0n) is 10.5. The Bertz CT molecular complexity index is 171. The van der Waals surface area contributed by atoms with Gasteiger partial charge in [-0.25, -0.2) is 0 Å². The zero-order chi connectivity index (χ0) is 11.1. The highest BCUT2D eigenvalue weighted by atomic mass is 16.5. The molecule has 1 rings (SSSR count). The Kier molecular flexibility index (Phi) is 5.58. The molecule has 15 heavy (non-hydrogen) atoms. The summed E-state index contributed by atoms with van der Waals surface area (Å²) in [6.45, 7) is 11.5. The van der Waals surface area contributed by atoms with E-state index in [1.165, 1.54) is 26.1 Å². The molecule has 90 valence electrons. The number of methoxy groups -OCH3 is 1. The zero-order valence-corrected chi connectivity index (χ0v) is 10.5. The van der Waals surface area contributed by atoms with Crippen LogP contribution in [0.1, 0.15) is 26.7 Å². The number of ether oxygens (including phenoxy) is 1. The van der Waals surface area contributed by atoms with Gasteiger partial charge in [0, 0.05) is 33.4 Å². The molecule has 0 aromatic rings. The van der Waals surface area contributed by atoms with Crippen LogP contribution in [0.3, 0.4) is 0 Å². The van der Waals surface area contributed by atoms with Crippen LogP contribution in [-0.2, 0) is 4.74 Å². The van der Waals surface area contributed by atoms with Crippen molar-refractivity contribution in [1.29, 1.82) is 0 Å². The van der Waals surface area contributed by atoms with Crippen LogP contribution in [-0.4, -0.2) is 51.3 Å². The molecule has 0 aromatic heterocycles. The van der Waals surface area contributed by atoms with Crippen molar-refractivity contribution < 1.29 is 4.74 Å². The van der Waals surface area contributed by atoms with Crippen molar-refractivity contribution in [3.05, 3.63) is 0 Å². The van der Waals surface area contributed by atoms with Crippen LogP contribution in [0.5, 0.6) is 0 Å². The second-order valence-electron chi connectivity index (χ2n) is 5.32. The van der Waals surface area contributed by atoms with E-state index in [4.69, 9.17) is 4.74 Å². The Labute approximate surface area is 94.2 Å². The van der Waals surface area contributed by atoms with Crippen LogP contribution in [0.25, 0.3) is 0 Å². The van der Waals surface area contributed by atoms with E-state index in [1.807, 2.05) is 0 Å². The van der Waals surface area contributed by atoms with Gasteiger partial charge in [-0.05, 0) is 31.3 Å². The molecule has 1 aliphatic rings. The average molecular weight is 214 g/mol. The molecule has 1 fully saturated rings. The molecule has 0 amide bonds. The van der Waals surface area contributed by atoms with E-state index in [2.05, 4.69) is 24.1 Å². The minimum Gasteiger partial charge on any atom is -0.385 e. The summed E-state index contributed by atoms with van der Waals surface area (Å²) in [5.41, 5.74) is 0.396. The van der Waals surface area contributed by atoms with Crippen molar-refractivity contribution >= 4 is 0 Å². The first-order valence-electron chi connectivity index (χ1n) is 6.06. The number of hydrogen-bond acceptors (Lipinski definition) is 3. The van der Waals surface area contributed by atoms with Gasteiger partial charge >= 0.3 is 0 Å². The Morgan fingerprint density at radius 1 is 1.40 bits per heavy atom. The summed E-state index contributed by atoms with van der Waals surface area (Å²) in [4.78, 5) is 2.58. The smallest absolute Gasteiger partial charge is 0.0474 e. The lowest BCUT2D eigenvalue weighted by Crippen LogP contribution is -2.44. The molecule has 0 bridgehead atoms. The Balaban J connectivity index is 2.32. The molecular formula is C12H26N2O. The molecule has 3 heteroatoms. The number of hydrogen-bond donors (Lipinski definition) is 1. The summed E-state index contributed by atoms with van der Waals surface area (Å²) in [5.74, 6) is 0. The second kappa shape index (κ2) is 6.46. The molecule has 0 spiro atoms. The first-order valence-corrected chi connectivity index (χ1v) is 6.06. The van der Waals surface area contributed by atoms with Crippen LogP contribution in [0.2, 0.25) is 0 Å². The van der Waals surface area contributed by atoms with Gasteiger partial charge in [0.1, 0.15) is 0 Å². The van der Waals surface area contributed by atoms with E-state index in [0.717, 1.165) is 26.1 Å². The molecule has 1 heterocycles. The number of nitrogens with zero attached hydrogens (tertiary/aromatic N) is 1. The van der Waals surface area contributed by atoms with E-state index in [-0.39, 0.29) is 0 Å². The summed E-state index contributed by atoms with van der Waals surface area (Å²) in [5, 5.41) is 3.51. The highest BCUT2D eigenvalue weighted by molar-refractivity contribution is 4.78. The Morgan fingerprint density at radius 3 is 2.93 bits per heavy atom. The lowest BCUT2D eigenvalue weighted by atomic mass is 9.91. The van der Waals surface area contributed by atoms with E-state index < -0.39 is 0 Å². The third-order valence-electron chi connectivity index (χ3n) is 2.91. The normalized spacial score (nSPS) is 23.4. The largest absolute Gasteiger partial charge is 0.385 e. The van der Waals surface area contributed by atoms with Crippen molar-refractivity contribution in [2.24, 2.45) is 5.41 Å². The second-order valence-corrected chi connectivity index (χ2v) is 5.32. The maximum atomic E-state index is 5.10. The maximum absolute atomic E-state index is 5.10. The summed E-state index contributed by atoms with van der Waals surface area (Å²) in [7, 11) is 1.78. The van der Waals surface area contributed by atoms with Gasteiger partial charge < -0.3 is 15.0 Å². The van der Waals surface area contributed by atoms with Crippen LogP contribution in [0.15, 0.2) is 0 Å². The fourth-order valence-electron chi connectivity index (χ4n) is 2.22. The average Bonchev–Trinajstić information content (AvgIpc) is 2.14. The lowest BCUT2D eigenvalue weighted by Gasteiger charge is -2.35. The maximum Gasteiger partial charge on any atom is 0.0474 e. The molecule has 0 radical (unpaired) electrons. The van der Waals surface area contributed by atoms with Crippen LogP contribution < -0.4 is 5.32 Å². The summed E-state index contributed by atoms with van der Waals surface area (Å²) in [6, 6.07) is 0. The summed E-state index contributed by atoms with van der Waals surface area (Å²) < 4.78 is 5.10. The van der Waals surface area contributed by atoms with Crippen molar-refractivity contribution in [3.8, 4) is 0 Å². The van der Waals surface area contributed by atoms with Gasteiger partial charge in [-0.2, -0.15) is 0 Å². The fourth-order valence-corrected chi connectivity index (χ4v) is 2.22. The van der Waals surface area contributed by atoms with Crippen molar-refractivity contribution in [1.82, 2.24) is 10.2 Å². The standard InChI is InChI=1S/C12H26N2O/c1-12(2)10-13-6-4-7-14(11-12)8-5-9-15-3/h13H,4-11H2,1-3H3. The highest BCUT2D eigenvalue weighted by Crippen LogP contribution is 2.17. The molecule has 1 aliphatic heterocycles. The van der Waals surface area contributed by atoms with Crippen LogP contribution in [0, 0.1) is 5.41 Å². The predicted octanol–water partition coefficient (Wildman–Crippen LogP) is 1.34. The monoisotopic (exact) mass is 214 g/mol. The molecule has 0 atom stereocenters. The van der Waals surface area contributed by atoms with Crippen LogP contribution >= 0.6 is 0 Å². The molecular weight excluding hydrogens is 188 g/mol. The van der Waals surface area contributed by atoms with Gasteiger partial charge in [-0.15, -0.1) is 0 Å². The van der Waals surface area contributed by atoms with Crippen LogP contribution in [0.4, 0.5) is 0 Å². The lowest BCUT2D eigenvalue weighted by molar-refractivity contribution is 0.132. The minimum atomic E-state index is 0.396. The quantitative estimate of drug-likeness (QED) is 0.715. The third kappa shape index (κ3) is 5.50. The SMILES string of the molecule is COCCCN1CCCNCC(C)(C)C1.